The van der Waals surface area contributed by atoms with Crippen LogP contribution >= 0.6 is 0 Å². The molecule has 3 rings (SSSR count). The molecular weight excluding hydrogens is 280 g/mol. The van der Waals surface area contributed by atoms with Crippen molar-refractivity contribution in [3.63, 3.8) is 0 Å². The number of aliphatic hydroxyl groups excluding tert-OH is 1. The van der Waals surface area contributed by atoms with E-state index in [1.807, 2.05) is 29.2 Å². The summed E-state index contributed by atoms with van der Waals surface area (Å²) in [5, 5.41) is 12.1. The van der Waals surface area contributed by atoms with Crippen LogP contribution in [0, 0.1) is 11.8 Å². The van der Waals surface area contributed by atoms with E-state index in [0.717, 1.165) is 30.9 Å². The van der Waals surface area contributed by atoms with Crippen LogP contribution in [0.4, 0.5) is 10.5 Å². The van der Waals surface area contributed by atoms with E-state index in [-0.39, 0.29) is 12.6 Å². The smallest absolute Gasteiger partial charge is 0.321 e. The van der Waals surface area contributed by atoms with E-state index in [1.165, 1.54) is 12.8 Å². The summed E-state index contributed by atoms with van der Waals surface area (Å²) in [7, 11) is 0. The minimum atomic E-state index is -0.0844. The summed E-state index contributed by atoms with van der Waals surface area (Å²) in [6, 6.07) is 7.51. The summed E-state index contributed by atoms with van der Waals surface area (Å²) < 4.78 is 5.82. The fourth-order valence-electron chi connectivity index (χ4n) is 2.70. The number of hydrogen-bond donors (Lipinski definition) is 2. The van der Waals surface area contributed by atoms with Crippen LogP contribution in [0.5, 0.6) is 5.75 Å². The Labute approximate surface area is 131 Å². The molecule has 1 aromatic rings. The number of urea groups is 1. The molecule has 1 saturated heterocycles. The van der Waals surface area contributed by atoms with Crippen molar-refractivity contribution in [2.45, 2.75) is 25.7 Å². The molecule has 0 atom stereocenters. The lowest BCUT2D eigenvalue weighted by molar-refractivity contribution is 0.143. The molecule has 1 saturated carbocycles. The summed E-state index contributed by atoms with van der Waals surface area (Å²) in [6.07, 6.45) is 4.22. The molecule has 5 heteroatoms. The normalized spacial score (nSPS) is 19.0. The number of aliphatic hydroxyl groups is 1. The summed E-state index contributed by atoms with van der Waals surface area (Å²) in [6.45, 7) is 2.34. The maximum absolute atomic E-state index is 12.4. The van der Waals surface area contributed by atoms with Crippen LogP contribution in [0.15, 0.2) is 24.3 Å². The van der Waals surface area contributed by atoms with Gasteiger partial charge in [0.05, 0.1) is 12.3 Å². The summed E-state index contributed by atoms with van der Waals surface area (Å²) in [5.41, 5.74) is 0.734. The van der Waals surface area contributed by atoms with Gasteiger partial charge in [-0.15, -0.1) is 0 Å². The Hall–Kier alpha value is -1.75. The second-order valence-electron chi connectivity index (χ2n) is 6.29. The first-order valence-electron chi connectivity index (χ1n) is 8.15. The van der Waals surface area contributed by atoms with Crippen molar-refractivity contribution in [1.29, 1.82) is 0 Å². The monoisotopic (exact) mass is 304 g/mol. The Kier molecular flexibility index (Phi) is 4.83. The Morgan fingerprint density at radius 1 is 1.18 bits per heavy atom. The molecular formula is C17H24N2O3. The fraction of sp³-hybridized carbons (Fsp3) is 0.588. The number of hydrogen-bond acceptors (Lipinski definition) is 3. The average molecular weight is 304 g/mol. The van der Waals surface area contributed by atoms with E-state index < -0.39 is 0 Å². The highest BCUT2D eigenvalue weighted by atomic mass is 16.5. The van der Waals surface area contributed by atoms with Gasteiger partial charge in [0.25, 0.3) is 0 Å². The van der Waals surface area contributed by atoms with Crippen molar-refractivity contribution in [3.05, 3.63) is 24.3 Å². The minimum Gasteiger partial charge on any atom is -0.491 e. The zero-order valence-electron chi connectivity index (χ0n) is 12.8. The number of para-hydroxylation sites is 2. The van der Waals surface area contributed by atoms with E-state index in [0.29, 0.717) is 24.9 Å². The van der Waals surface area contributed by atoms with Crippen molar-refractivity contribution in [2.24, 2.45) is 11.8 Å². The summed E-state index contributed by atoms with van der Waals surface area (Å²) >= 11 is 0. The lowest BCUT2D eigenvalue weighted by Gasteiger charge is -2.31. The molecule has 120 valence electrons. The Morgan fingerprint density at radius 2 is 1.91 bits per heavy atom. The third kappa shape index (κ3) is 3.91. The summed E-state index contributed by atoms with van der Waals surface area (Å²) in [4.78, 5) is 14.2. The number of ether oxygens (including phenoxy) is 1. The van der Waals surface area contributed by atoms with Gasteiger partial charge in [-0.2, -0.15) is 0 Å². The lowest BCUT2D eigenvalue weighted by Crippen LogP contribution is -2.41. The quantitative estimate of drug-likeness (QED) is 0.879. The highest BCUT2D eigenvalue weighted by Crippen LogP contribution is 2.32. The van der Waals surface area contributed by atoms with Crippen LogP contribution in [0.1, 0.15) is 25.7 Å². The predicted molar refractivity (Wildman–Crippen MR) is 85.1 cm³/mol. The molecule has 0 bridgehead atoms. The van der Waals surface area contributed by atoms with Crippen LogP contribution < -0.4 is 10.1 Å². The number of benzene rings is 1. The van der Waals surface area contributed by atoms with Crippen LogP contribution in [-0.2, 0) is 0 Å². The van der Waals surface area contributed by atoms with Gasteiger partial charge in [-0.3, -0.25) is 0 Å². The third-order valence-corrected chi connectivity index (χ3v) is 4.46. The number of anilines is 1. The first-order chi connectivity index (χ1) is 10.8. The number of nitrogens with one attached hydrogen (secondary N) is 1. The fourth-order valence-corrected chi connectivity index (χ4v) is 2.70. The maximum atomic E-state index is 12.4. The predicted octanol–water partition coefficient (Wildman–Crippen LogP) is 2.71. The van der Waals surface area contributed by atoms with Gasteiger partial charge >= 0.3 is 6.03 Å². The first-order valence-corrected chi connectivity index (χ1v) is 8.15. The molecule has 0 unspecified atom stereocenters. The highest BCUT2D eigenvalue weighted by molar-refractivity contribution is 5.91. The number of likely N-dealkylation sites (tertiary alicyclic amines) is 1. The molecule has 1 aromatic carbocycles. The van der Waals surface area contributed by atoms with Gasteiger partial charge in [0.15, 0.2) is 0 Å². The summed E-state index contributed by atoms with van der Waals surface area (Å²) in [5.74, 6) is 1.76. The van der Waals surface area contributed by atoms with Gasteiger partial charge in [-0.1, -0.05) is 12.1 Å². The highest BCUT2D eigenvalue weighted by Gasteiger charge is 2.24. The largest absolute Gasteiger partial charge is 0.491 e. The number of carbonyl (C=O) groups is 1. The van der Waals surface area contributed by atoms with Crippen molar-refractivity contribution in [1.82, 2.24) is 4.90 Å². The Morgan fingerprint density at radius 3 is 2.59 bits per heavy atom. The molecule has 2 aliphatic rings. The van der Waals surface area contributed by atoms with Gasteiger partial charge in [-0.25, -0.2) is 4.79 Å². The first kappa shape index (κ1) is 15.2. The van der Waals surface area contributed by atoms with Gasteiger partial charge in [0.2, 0.25) is 0 Å². The number of carbonyl (C=O) groups excluding carboxylic acids is 1. The lowest BCUT2D eigenvalue weighted by atomic mass is 9.98. The van der Waals surface area contributed by atoms with Gasteiger partial charge in [0, 0.05) is 19.7 Å². The van der Waals surface area contributed by atoms with Crippen LogP contribution in [0.2, 0.25) is 0 Å². The SMILES string of the molecule is O=C(Nc1ccccc1OCC1CC1)N1CCC(CO)CC1. The third-order valence-electron chi connectivity index (χ3n) is 4.46. The molecule has 1 aliphatic carbocycles. The standard InChI is InChI=1S/C17H24N2O3/c20-11-13-7-9-19(10-8-13)17(21)18-15-3-1-2-4-16(15)22-12-14-5-6-14/h1-4,13-14,20H,5-12H2,(H,18,21). The van der Waals surface area contributed by atoms with Crippen molar-refractivity contribution in [2.75, 3.05) is 31.6 Å². The van der Waals surface area contributed by atoms with E-state index >= 15 is 0 Å². The Balaban J connectivity index is 1.56. The Bertz CT molecular complexity index is 508. The number of amides is 2. The molecule has 5 nitrogen and oxygen atoms in total. The molecule has 0 radical (unpaired) electrons. The molecule has 1 aliphatic heterocycles. The second kappa shape index (κ2) is 7.01. The van der Waals surface area contributed by atoms with Crippen molar-refractivity contribution >= 4 is 11.7 Å². The number of nitrogens with zero attached hydrogens (tertiary/aromatic N) is 1. The van der Waals surface area contributed by atoms with E-state index in [2.05, 4.69) is 5.32 Å². The molecule has 0 aromatic heterocycles. The van der Waals surface area contributed by atoms with Crippen LogP contribution in [0.3, 0.4) is 0 Å². The number of piperidine rings is 1. The van der Waals surface area contributed by atoms with Crippen LogP contribution in [0.25, 0.3) is 0 Å². The molecule has 1 heterocycles. The zero-order valence-corrected chi connectivity index (χ0v) is 12.8. The van der Waals surface area contributed by atoms with E-state index in [4.69, 9.17) is 9.84 Å². The van der Waals surface area contributed by atoms with Gasteiger partial charge in [0.1, 0.15) is 5.75 Å². The minimum absolute atomic E-state index is 0.0844. The van der Waals surface area contributed by atoms with Crippen molar-refractivity contribution < 1.29 is 14.6 Å². The topological polar surface area (TPSA) is 61.8 Å². The molecule has 2 amide bonds. The molecule has 2 fully saturated rings. The van der Waals surface area contributed by atoms with Gasteiger partial charge in [-0.05, 0) is 49.7 Å². The van der Waals surface area contributed by atoms with Gasteiger partial charge < -0.3 is 20.1 Å². The zero-order chi connectivity index (χ0) is 15.4. The van der Waals surface area contributed by atoms with E-state index in [9.17, 15) is 4.79 Å². The average Bonchev–Trinajstić information content (AvgIpc) is 3.38. The van der Waals surface area contributed by atoms with Crippen molar-refractivity contribution in [3.8, 4) is 5.75 Å². The molecule has 22 heavy (non-hydrogen) atoms. The second-order valence-corrected chi connectivity index (χ2v) is 6.29. The molecule has 2 N–H and O–H groups in total. The number of rotatable bonds is 5. The van der Waals surface area contributed by atoms with Crippen LogP contribution in [-0.4, -0.2) is 42.3 Å². The maximum Gasteiger partial charge on any atom is 0.321 e. The molecule has 0 spiro atoms. The van der Waals surface area contributed by atoms with E-state index in [1.54, 1.807) is 0 Å².